The molecule has 0 saturated heterocycles. The summed E-state index contributed by atoms with van der Waals surface area (Å²) in [7, 11) is -1.96. The molecular weight excluding hydrogens is 328 g/mol. The number of thioether (sulfide) groups is 1. The van der Waals surface area contributed by atoms with E-state index in [2.05, 4.69) is 0 Å². The third-order valence-electron chi connectivity index (χ3n) is 3.67. The van der Waals surface area contributed by atoms with Crippen LogP contribution in [0.15, 0.2) is 17.0 Å². The molecule has 7 heteroatoms. The standard InChI is InChI=1S/C14H23ClN2O2S2/c1-10(5-6-20-4)17(3)21(18,19)14-8-13(15)7-12(9-16)11(14)2/h7-8,10H,5-6,9,16H2,1-4H3. The van der Waals surface area contributed by atoms with Crippen molar-refractivity contribution >= 4 is 33.4 Å². The highest BCUT2D eigenvalue weighted by Crippen LogP contribution is 2.27. The molecule has 0 amide bonds. The van der Waals surface area contributed by atoms with Crippen LogP contribution in [0.1, 0.15) is 24.5 Å². The maximum atomic E-state index is 12.8. The summed E-state index contributed by atoms with van der Waals surface area (Å²) in [6.45, 7) is 3.95. The molecule has 0 aliphatic carbocycles. The van der Waals surface area contributed by atoms with Gasteiger partial charge in [-0.1, -0.05) is 11.6 Å². The minimum atomic E-state index is -3.57. The highest BCUT2D eigenvalue weighted by molar-refractivity contribution is 7.98. The summed E-state index contributed by atoms with van der Waals surface area (Å²) in [5, 5.41) is 0.393. The summed E-state index contributed by atoms with van der Waals surface area (Å²) in [5.41, 5.74) is 7.09. The second kappa shape index (κ2) is 7.83. The lowest BCUT2D eigenvalue weighted by atomic mass is 10.1. The molecule has 4 nitrogen and oxygen atoms in total. The molecule has 1 aromatic rings. The minimum Gasteiger partial charge on any atom is -0.326 e. The van der Waals surface area contributed by atoms with E-state index in [9.17, 15) is 8.42 Å². The molecule has 0 aliphatic rings. The van der Waals surface area contributed by atoms with Crippen molar-refractivity contribution in [1.82, 2.24) is 4.31 Å². The van der Waals surface area contributed by atoms with Crippen molar-refractivity contribution in [2.45, 2.75) is 37.8 Å². The molecule has 0 radical (unpaired) electrons. The predicted molar refractivity (Wildman–Crippen MR) is 91.5 cm³/mol. The maximum Gasteiger partial charge on any atom is 0.243 e. The van der Waals surface area contributed by atoms with Crippen LogP contribution in [0.25, 0.3) is 0 Å². The summed E-state index contributed by atoms with van der Waals surface area (Å²) >= 11 is 7.74. The lowest BCUT2D eigenvalue weighted by molar-refractivity contribution is 0.382. The minimum absolute atomic E-state index is 0.0674. The zero-order valence-electron chi connectivity index (χ0n) is 12.9. The third-order valence-corrected chi connectivity index (χ3v) is 6.63. The zero-order chi connectivity index (χ0) is 16.2. The SMILES string of the molecule is CSCCC(C)N(C)S(=O)(=O)c1cc(Cl)cc(CN)c1C. The van der Waals surface area contributed by atoms with E-state index in [1.54, 1.807) is 31.8 Å². The van der Waals surface area contributed by atoms with Gasteiger partial charge in [-0.3, -0.25) is 0 Å². The first-order valence-corrected chi connectivity index (χ1v) is 9.93. The molecule has 120 valence electrons. The topological polar surface area (TPSA) is 63.4 Å². The van der Waals surface area contributed by atoms with E-state index in [0.717, 1.165) is 17.7 Å². The number of halogens is 1. The summed E-state index contributed by atoms with van der Waals surface area (Å²) in [4.78, 5) is 0.244. The maximum absolute atomic E-state index is 12.8. The Kier molecular flexibility index (Phi) is 7.00. The fraction of sp³-hybridized carbons (Fsp3) is 0.571. The van der Waals surface area contributed by atoms with Crippen LogP contribution in [-0.4, -0.2) is 37.8 Å². The Hall–Kier alpha value is -0.270. The van der Waals surface area contributed by atoms with E-state index in [0.29, 0.717) is 10.6 Å². The Morgan fingerprint density at radius 1 is 1.43 bits per heavy atom. The summed E-state index contributed by atoms with van der Waals surface area (Å²) < 4.78 is 27.0. The largest absolute Gasteiger partial charge is 0.326 e. The zero-order valence-corrected chi connectivity index (χ0v) is 15.3. The third kappa shape index (κ3) is 4.36. The normalized spacial score (nSPS) is 13.7. The van der Waals surface area contributed by atoms with Gasteiger partial charge in [0.1, 0.15) is 0 Å². The molecule has 0 spiro atoms. The van der Waals surface area contributed by atoms with E-state index < -0.39 is 10.0 Å². The van der Waals surface area contributed by atoms with Crippen molar-refractivity contribution in [3.05, 3.63) is 28.3 Å². The molecular formula is C14H23ClN2O2S2. The number of nitrogens with two attached hydrogens (primary N) is 1. The fourth-order valence-electron chi connectivity index (χ4n) is 2.05. The van der Waals surface area contributed by atoms with Crippen LogP contribution in [0.3, 0.4) is 0 Å². The van der Waals surface area contributed by atoms with Gasteiger partial charge < -0.3 is 5.73 Å². The lowest BCUT2D eigenvalue weighted by Crippen LogP contribution is -2.36. The summed E-state index contributed by atoms with van der Waals surface area (Å²) in [6, 6.07) is 3.15. The average Bonchev–Trinajstić information content (AvgIpc) is 2.45. The van der Waals surface area contributed by atoms with Crippen molar-refractivity contribution in [2.75, 3.05) is 19.1 Å². The Balaban J connectivity index is 3.21. The Morgan fingerprint density at radius 3 is 2.57 bits per heavy atom. The van der Waals surface area contributed by atoms with Gasteiger partial charge in [0.25, 0.3) is 0 Å². The van der Waals surface area contributed by atoms with Gasteiger partial charge in [0, 0.05) is 24.7 Å². The molecule has 0 aliphatic heterocycles. The van der Waals surface area contributed by atoms with Crippen LogP contribution in [-0.2, 0) is 16.6 Å². The molecule has 1 rings (SSSR count). The first-order chi connectivity index (χ1) is 9.75. The van der Waals surface area contributed by atoms with Gasteiger partial charge in [-0.15, -0.1) is 0 Å². The highest BCUT2D eigenvalue weighted by atomic mass is 35.5. The Labute approximate surface area is 137 Å². The van der Waals surface area contributed by atoms with Crippen LogP contribution in [0.2, 0.25) is 5.02 Å². The van der Waals surface area contributed by atoms with Crippen molar-refractivity contribution in [3.8, 4) is 0 Å². The van der Waals surface area contributed by atoms with E-state index in [1.165, 1.54) is 10.4 Å². The molecule has 0 saturated carbocycles. The van der Waals surface area contributed by atoms with Crippen LogP contribution in [0, 0.1) is 6.92 Å². The van der Waals surface area contributed by atoms with E-state index in [-0.39, 0.29) is 17.5 Å². The molecule has 0 bridgehead atoms. The van der Waals surface area contributed by atoms with E-state index in [1.807, 2.05) is 13.2 Å². The van der Waals surface area contributed by atoms with Gasteiger partial charge in [-0.25, -0.2) is 8.42 Å². The first kappa shape index (κ1) is 18.8. The van der Waals surface area contributed by atoms with Crippen LogP contribution in [0.5, 0.6) is 0 Å². The van der Waals surface area contributed by atoms with Gasteiger partial charge in [0.2, 0.25) is 10.0 Å². The van der Waals surface area contributed by atoms with E-state index >= 15 is 0 Å². The summed E-state index contributed by atoms with van der Waals surface area (Å²) in [5.74, 6) is 0.920. The molecule has 1 atom stereocenters. The second-order valence-corrected chi connectivity index (χ2v) is 8.43. The molecule has 0 heterocycles. The van der Waals surface area contributed by atoms with Crippen LogP contribution in [0.4, 0.5) is 0 Å². The van der Waals surface area contributed by atoms with Crippen molar-refractivity contribution in [3.63, 3.8) is 0 Å². The fourth-order valence-corrected chi connectivity index (χ4v) is 4.62. The van der Waals surface area contributed by atoms with Gasteiger partial charge in [-0.05, 0) is 55.5 Å². The Bertz CT molecular complexity index is 591. The van der Waals surface area contributed by atoms with Gasteiger partial charge in [0.05, 0.1) is 4.90 Å². The first-order valence-electron chi connectivity index (χ1n) is 6.71. The average molecular weight is 351 g/mol. The van der Waals surface area contributed by atoms with Crippen LogP contribution >= 0.6 is 23.4 Å². The van der Waals surface area contributed by atoms with Crippen molar-refractivity contribution in [2.24, 2.45) is 5.73 Å². The van der Waals surface area contributed by atoms with Crippen LogP contribution < -0.4 is 5.73 Å². The van der Waals surface area contributed by atoms with Crippen molar-refractivity contribution < 1.29 is 8.42 Å². The highest BCUT2D eigenvalue weighted by Gasteiger charge is 2.27. The molecule has 1 unspecified atom stereocenters. The molecule has 1 aromatic carbocycles. The monoisotopic (exact) mass is 350 g/mol. The number of sulfonamides is 1. The van der Waals surface area contributed by atoms with E-state index in [4.69, 9.17) is 17.3 Å². The number of hydrogen-bond donors (Lipinski definition) is 1. The molecule has 21 heavy (non-hydrogen) atoms. The second-order valence-electron chi connectivity index (χ2n) is 5.04. The number of hydrogen-bond acceptors (Lipinski definition) is 4. The molecule has 0 fully saturated rings. The van der Waals surface area contributed by atoms with Crippen molar-refractivity contribution in [1.29, 1.82) is 0 Å². The lowest BCUT2D eigenvalue weighted by Gasteiger charge is -2.25. The molecule has 2 N–H and O–H groups in total. The summed E-state index contributed by atoms with van der Waals surface area (Å²) in [6.07, 6.45) is 2.82. The molecule has 0 aromatic heterocycles. The predicted octanol–water partition coefficient (Wildman–Crippen LogP) is 2.87. The quantitative estimate of drug-likeness (QED) is 0.821. The number of benzene rings is 1. The van der Waals surface area contributed by atoms with Gasteiger partial charge >= 0.3 is 0 Å². The number of rotatable bonds is 7. The van der Waals surface area contributed by atoms with Gasteiger partial charge in [0.15, 0.2) is 0 Å². The number of nitrogens with zero attached hydrogens (tertiary/aromatic N) is 1. The smallest absolute Gasteiger partial charge is 0.243 e. The van der Waals surface area contributed by atoms with Gasteiger partial charge in [-0.2, -0.15) is 16.1 Å². The Morgan fingerprint density at radius 2 is 2.05 bits per heavy atom.